The van der Waals surface area contributed by atoms with Crippen molar-refractivity contribution in [3.05, 3.63) is 18.7 Å². The van der Waals surface area contributed by atoms with Crippen molar-refractivity contribution in [2.24, 2.45) is 4.99 Å². The van der Waals surface area contributed by atoms with E-state index in [-0.39, 0.29) is 16.0 Å². The SMILES string of the molecule is CO[C@H]1O[C@H](CI)[C@H](I)[C@H](OC(C)=O)[C@H]1N=C(C)n1ccnc1. The number of hydrogen-bond acceptors (Lipinski definition) is 6. The van der Waals surface area contributed by atoms with Crippen molar-refractivity contribution in [2.45, 2.75) is 42.3 Å². The third-order valence-electron chi connectivity index (χ3n) is 3.49. The molecule has 5 atom stereocenters. The van der Waals surface area contributed by atoms with Gasteiger partial charge in [0, 0.05) is 30.9 Å². The summed E-state index contributed by atoms with van der Waals surface area (Å²) in [6.45, 7) is 3.27. The molecule has 0 saturated carbocycles. The lowest BCUT2D eigenvalue weighted by Crippen LogP contribution is -2.57. The Morgan fingerprint density at radius 2 is 2.22 bits per heavy atom. The van der Waals surface area contributed by atoms with Gasteiger partial charge in [-0.3, -0.25) is 14.4 Å². The van der Waals surface area contributed by atoms with Crippen molar-refractivity contribution < 1.29 is 19.0 Å². The molecule has 1 saturated heterocycles. The van der Waals surface area contributed by atoms with E-state index in [1.807, 2.05) is 6.92 Å². The third kappa shape index (κ3) is 4.63. The van der Waals surface area contributed by atoms with E-state index in [2.05, 4.69) is 55.2 Å². The Bertz CT molecular complexity index is 552. The Labute approximate surface area is 162 Å². The van der Waals surface area contributed by atoms with E-state index >= 15 is 0 Å². The molecular formula is C14H19I2N3O4. The van der Waals surface area contributed by atoms with Gasteiger partial charge in [-0.25, -0.2) is 4.98 Å². The number of nitrogens with zero attached hydrogens (tertiary/aromatic N) is 3. The summed E-state index contributed by atoms with van der Waals surface area (Å²) in [5.41, 5.74) is 0. The van der Waals surface area contributed by atoms with Gasteiger partial charge in [-0.05, 0) is 6.92 Å². The molecule has 0 bridgehead atoms. The van der Waals surface area contributed by atoms with Crippen LogP contribution in [-0.4, -0.2) is 61.4 Å². The summed E-state index contributed by atoms with van der Waals surface area (Å²) >= 11 is 4.52. The van der Waals surface area contributed by atoms with Crippen LogP contribution in [0.15, 0.2) is 23.7 Å². The summed E-state index contributed by atoms with van der Waals surface area (Å²) in [5, 5.41) is 0. The number of alkyl halides is 2. The van der Waals surface area contributed by atoms with Crippen LogP contribution in [0.4, 0.5) is 0 Å². The number of carbonyl (C=O) groups is 1. The largest absolute Gasteiger partial charge is 0.459 e. The summed E-state index contributed by atoms with van der Waals surface area (Å²) in [6, 6.07) is -0.438. The van der Waals surface area contributed by atoms with E-state index in [0.717, 1.165) is 10.3 Å². The van der Waals surface area contributed by atoms with Gasteiger partial charge in [0.25, 0.3) is 0 Å². The number of aliphatic imine (C=N–C) groups is 1. The van der Waals surface area contributed by atoms with Gasteiger partial charge in [0.2, 0.25) is 0 Å². The van der Waals surface area contributed by atoms with Crippen LogP contribution in [0.2, 0.25) is 0 Å². The molecule has 128 valence electrons. The zero-order valence-electron chi connectivity index (χ0n) is 13.1. The minimum atomic E-state index is -0.566. The van der Waals surface area contributed by atoms with Crippen LogP contribution < -0.4 is 0 Å². The fourth-order valence-electron chi connectivity index (χ4n) is 2.39. The van der Waals surface area contributed by atoms with Crippen molar-refractivity contribution in [3.8, 4) is 0 Å². The smallest absolute Gasteiger partial charge is 0.303 e. The Morgan fingerprint density at radius 1 is 1.48 bits per heavy atom. The third-order valence-corrected chi connectivity index (χ3v) is 5.87. The number of rotatable bonds is 4. The average molecular weight is 547 g/mol. The number of aromatic nitrogens is 2. The summed E-state index contributed by atoms with van der Waals surface area (Å²) in [4.78, 5) is 20.2. The van der Waals surface area contributed by atoms with E-state index in [1.54, 1.807) is 30.4 Å². The maximum Gasteiger partial charge on any atom is 0.303 e. The first-order valence-electron chi connectivity index (χ1n) is 7.06. The summed E-state index contributed by atoms with van der Waals surface area (Å²) in [6.07, 6.45) is 4.11. The first-order chi connectivity index (χ1) is 11.0. The Hall–Kier alpha value is -0.270. The Balaban J connectivity index is 2.33. The number of esters is 1. The van der Waals surface area contributed by atoms with Crippen LogP contribution in [0, 0.1) is 0 Å². The molecule has 1 fully saturated rings. The van der Waals surface area contributed by atoms with Crippen LogP contribution in [0.25, 0.3) is 0 Å². The Morgan fingerprint density at radius 3 is 2.74 bits per heavy atom. The van der Waals surface area contributed by atoms with Gasteiger partial charge in [-0.1, -0.05) is 45.2 Å². The van der Waals surface area contributed by atoms with Crippen molar-refractivity contribution in [1.29, 1.82) is 0 Å². The van der Waals surface area contributed by atoms with Crippen LogP contribution in [-0.2, 0) is 19.0 Å². The molecular weight excluding hydrogens is 528 g/mol. The van der Waals surface area contributed by atoms with Gasteiger partial charge in [-0.15, -0.1) is 0 Å². The minimum absolute atomic E-state index is 0.0101. The number of ether oxygens (including phenoxy) is 3. The van der Waals surface area contributed by atoms with Crippen molar-refractivity contribution in [3.63, 3.8) is 0 Å². The monoisotopic (exact) mass is 547 g/mol. The summed E-state index contributed by atoms with van der Waals surface area (Å²) < 4.78 is 19.6. The molecule has 0 amide bonds. The second kappa shape index (κ2) is 8.72. The molecule has 0 aromatic carbocycles. The zero-order valence-corrected chi connectivity index (χ0v) is 17.4. The first kappa shape index (κ1) is 19.1. The molecule has 1 aliphatic heterocycles. The van der Waals surface area contributed by atoms with Gasteiger partial charge >= 0.3 is 5.97 Å². The van der Waals surface area contributed by atoms with E-state index in [1.165, 1.54) is 6.92 Å². The Kier molecular flexibility index (Phi) is 7.22. The molecule has 0 aliphatic carbocycles. The molecule has 1 aliphatic rings. The number of halogens is 2. The lowest BCUT2D eigenvalue weighted by Gasteiger charge is -2.41. The zero-order chi connectivity index (χ0) is 17.0. The molecule has 7 nitrogen and oxygen atoms in total. The molecule has 9 heteroatoms. The number of carbonyl (C=O) groups excluding carboxylic acids is 1. The maximum absolute atomic E-state index is 11.5. The van der Waals surface area contributed by atoms with Crippen molar-refractivity contribution >= 4 is 57.0 Å². The molecule has 2 rings (SSSR count). The second-order valence-electron chi connectivity index (χ2n) is 5.09. The average Bonchev–Trinajstić information content (AvgIpc) is 3.05. The highest BCUT2D eigenvalue weighted by Crippen LogP contribution is 2.32. The topological polar surface area (TPSA) is 74.9 Å². The predicted octanol–water partition coefficient (Wildman–Crippen LogP) is 2.06. The highest BCUT2D eigenvalue weighted by molar-refractivity contribution is 14.1. The van der Waals surface area contributed by atoms with Gasteiger partial charge in [0.15, 0.2) is 6.29 Å². The molecule has 1 aromatic heterocycles. The van der Waals surface area contributed by atoms with Gasteiger partial charge in [0.1, 0.15) is 24.3 Å². The number of hydrogen-bond donors (Lipinski definition) is 0. The van der Waals surface area contributed by atoms with Crippen LogP contribution in [0.1, 0.15) is 13.8 Å². The fourth-order valence-corrected chi connectivity index (χ4v) is 5.12. The minimum Gasteiger partial charge on any atom is -0.459 e. The number of methoxy groups -OCH3 is 1. The van der Waals surface area contributed by atoms with E-state index in [0.29, 0.717) is 0 Å². The van der Waals surface area contributed by atoms with E-state index in [9.17, 15) is 4.79 Å². The lowest BCUT2D eigenvalue weighted by molar-refractivity contribution is -0.209. The highest BCUT2D eigenvalue weighted by Gasteiger charge is 2.46. The number of imidazole rings is 1. The molecule has 23 heavy (non-hydrogen) atoms. The molecule has 1 aromatic rings. The van der Waals surface area contributed by atoms with Crippen molar-refractivity contribution in [2.75, 3.05) is 11.5 Å². The van der Waals surface area contributed by atoms with Crippen LogP contribution in [0.3, 0.4) is 0 Å². The highest BCUT2D eigenvalue weighted by atomic mass is 127. The summed E-state index contributed by atoms with van der Waals surface area (Å²) in [7, 11) is 1.57. The molecule has 0 N–H and O–H groups in total. The van der Waals surface area contributed by atoms with E-state index in [4.69, 9.17) is 14.2 Å². The molecule has 2 heterocycles. The van der Waals surface area contributed by atoms with Gasteiger partial charge < -0.3 is 14.2 Å². The summed E-state index contributed by atoms with van der Waals surface area (Å²) in [5.74, 6) is 0.396. The standard InChI is InChI=1S/C14H19I2N3O4/c1-8(19-5-4-17-7-19)18-12-13(22-9(2)20)11(16)10(6-15)23-14(12)21-3/h4-5,7,10-14H,6H2,1-3H3/t10-,11+,12-,13+,14+/m1/s1. The van der Waals surface area contributed by atoms with Crippen LogP contribution >= 0.6 is 45.2 Å². The molecule has 0 spiro atoms. The van der Waals surface area contributed by atoms with Gasteiger partial charge in [0.05, 0.1) is 10.0 Å². The van der Waals surface area contributed by atoms with E-state index < -0.39 is 18.4 Å². The van der Waals surface area contributed by atoms with Gasteiger partial charge in [-0.2, -0.15) is 0 Å². The van der Waals surface area contributed by atoms with Crippen molar-refractivity contribution in [1.82, 2.24) is 9.55 Å². The predicted molar refractivity (Wildman–Crippen MR) is 102 cm³/mol. The second-order valence-corrected chi connectivity index (χ2v) is 7.41. The quantitative estimate of drug-likeness (QED) is 0.190. The van der Waals surface area contributed by atoms with Crippen LogP contribution in [0.5, 0.6) is 0 Å². The first-order valence-corrected chi connectivity index (χ1v) is 9.83. The molecule has 0 unspecified atom stereocenters. The lowest BCUT2D eigenvalue weighted by atomic mass is 10.0. The normalized spacial score (nSPS) is 31.9. The molecule has 0 radical (unpaired) electrons. The fraction of sp³-hybridized carbons (Fsp3) is 0.643. The maximum atomic E-state index is 11.5.